The second-order valence-electron chi connectivity index (χ2n) is 6.11. The first-order chi connectivity index (χ1) is 13.0. The van der Waals surface area contributed by atoms with Crippen LogP contribution in [-0.4, -0.2) is 10.9 Å². The Bertz CT molecular complexity index is 951. The molecule has 5 heteroatoms. The number of carbonyl (C=O) groups excluding carboxylic acids is 1. The van der Waals surface area contributed by atoms with E-state index in [4.69, 9.17) is 0 Å². The van der Waals surface area contributed by atoms with Gasteiger partial charge in [0, 0.05) is 17.8 Å². The predicted octanol–water partition coefficient (Wildman–Crippen LogP) is 4.92. The molecule has 0 aliphatic rings. The van der Waals surface area contributed by atoms with Crippen LogP contribution >= 0.6 is 0 Å². The number of hydrogen-bond donors (Lipinski definition) is 1. The van der Waals surface area contributed by atoms with Gasteiger partial charge in [-0.05, 0) is 60.0 Å². The molecule has 0 aliphatic carbocycles. The maximum Gasteiger partial charge on any atom is 0.244 e. The van der Waals surface area contributed by atoms with E-state index in [0.29, 0.717) is 0 Å². The molecule has 0 spiro atoms. The Morgan fingerprint density at radius 1 is 1.04 bits per heavy atom. The third kappa shape index (κ3) is 5.07. The monoisotopic (exact) mass is 364 g/mol. The van der Waals surface area contributed by atoms with E-state index < -0.39 is 5.95 Å². The van der Waals surface area contributed by atoms with Crippen molar-refractivity contribution in [2.75, 3.05) is 0 Å². The Hall–Kier alpha value is -3.34. The van der Waals surface area contributed by atoms with E-state index in [1.165, 1.54) is 30.5 Å². The van der Waals surface area contributed by atoms with E-state index in [-0.39, 0.29) is 17.8 Å². The van der Waals surface area contributed by atoms with E-state index in [9.17, 15) is 13.6 Å². The van der Waals surface area contributed by atoms with Crippen LogP contribution in [0, 0.1) is 11.8 Å². The molecule has 1 heterocycles. The Kier molecular flexibility index (Phi) is 5.71. The maximum absolute atomic E-state index is 13.0. The maximum atomic E-state index is 13.0. The summed E-state index contributed by atoms with van der Waals surface area (Å²) in [6, 6.07) is 16.3. The van der Waals surface area contributed by atoms with Crippen molar-refractivity contribution in [3.8, 4) is 11.1 Å². The fraction of sp³-hybridized carbons (Fsp3) is 0.0909. The zero-order valence-electron chi connectivity index (χ0n) is 14.7. The number of benzene rings is 2. The van der Waals surface area contributed by atoms with Gasteiger partial charge in [-0.25, -0.2) is 9.37 Å². The van der Waals surface area contributed by atoms with Gasteiger partial charge >= 0.3 is 0 Å². The molecular weight excluding hydrogens is 346 g/mol. The highest BCUT2D eigenvalue weighted by Gasteiger charge is 2.09. The van der Waals surface area contributed by atoms with Crippen LogP contribution in [0.5, 0.6) is 0 Å². The largest absolute Gasteiger partial charge is 0.346 e. The minimum Gasteiger partial charge on any atom is -0.346 e. The van der Waals surface area contributed by atoms with Gasteiger partial charge in [0.05, 0.1) is 6.04 Å². The first-order valence-electron chi connectivity index (χ1n) is 8.47. The summed E-state index contributed by atoms with van der Waals surface area (Å²) in [5.41, 5.74) is 3.35. The third-order valence-corrected chi connectivity index (χ3v) is 4.10. The number of amides is 1. The smallest absolute Gasteiger partial charge is 0.244 e. The number of hydrogen-bond acceptors (Lipinski definition) is 2. The summed E-state index contributed by atoms with van der Waals surface area (Å²) in [7, 11) is 0. The molecule has 3 nitrogen and oxygen atoms in total. The van der Waals surface area contributed by atoms with Gasteiger partial charge in [-0.1, -0.05) is 30.3 Å². The van der Waals surface area contributed by atoms with Gasteiger partial charge in [0.25, 0.3) is 0 Å². The number of carbonyl (C=O) groups is 1. The van der Waals surface area contributed by atoms with Crippen LogP contribution in [0.15, 0.2) is 72.9 Å². The second-order valence-corrected chi connectivity index (χ2v) is 6.11. The first-order valence-corrected chi connectivity index (χ1v) is 8.47. The van der Waals surface area contributed by atoms with Crippen molar-refractivity contribution in [2.45, 2.75) is 13.0 Å². The van der Waals surface area contributed by atoms with Crippen LogP contribution in [0.3, 0.4) is 0 Å². The lowest BCUT2D eigenvalue weighted by Crippen LogP contribution is -2.24. The summed E-state index contributed by atoms with van der Waals surface area (Å²) in [4.78, 5) is 15.8. The van der Waals surface area contributed by atoms with Crippen LogP contribution in [0.1, 0.15) is 24.1 Å². The fourth-order valence-electron chi connectivity index (χ4n) is 2.62. The summed E-state index contributed by atoms with van der Waals surface area (Å²) in [5, 5.41) is 2.89. The quantitative estimate of drug-likeness (QED) is 0.516. The van der Waals surface area contributed by atoms with Crippen LogP contribution in [-0.2, 0) is 4.79 Å². The highest BCUT2D eigenvalue weighted by molar-refractivity contribution is 5.92. The lowest BCUT2D eigenvalue weighted by atomic mass is 10.0. The molecule has 3 rings (SSSR count). The topological polar surface area (TPSA) is 42.0 Å². The molecule has 136 valence electrons. The van der Waals surface area contributed by atoms with Crippen molar-refractivity contribution < 1.29 is 13.6 Å². The summed E-state index contributed by atoms with van der Waals surface area (Å²) >= 11 is 0. The molecular formula is C22H18F2N2O. The summed E-state index contributed by atoms with van der Waals surface area (Å²) < 4.78 is 25.9. The molecule has 1 amide bonds. The van der Waals surface area contributed by atoms with E-state index in [1.54, 1.807) is 24.3 Å². The fourth-order valence-corrected chi connectivity index (χ4v) is 2.62. The highest BCUT2D eigenvalue weighted by atomic mass is 19.1. The lowest BCUT2D eigenvalue weighted by Gasteiger charge is -2.14. The van der Waals surface area contributed by atoms with Crippen molar-refractivity contribution in [3.63, 3.8) is 0 Å². The number of rotatable bonds is 5. The number of nitrogens with zero attached hydrogens (tertiary/aromatic N) is 1. The predicted molar refractivity (Wildman–Crippen MR) is 102 cm³/mol. The van der Waals surface area contributed by atoms with Gasteiger partial charge in [0.2, 0.25) is 11.9 Å². The highest BCUT2D eigenvalue weighted by Crippen LogP contribution is 2.23. The van der Waals surface area contributed by atoms with Gasteiger partial charge in [-0.15, -0.1) is 0 Å². The molecule has 0 radical (unpaired) electrons. The molecule has 1 aromatic heterocycles. The molecule has 3 aromatic rings. The van der Waals surface area contributed by atoms with Crippen molar-refractivity contribution in [1.29, 1.82) is 0 Å². The first kappa shape index (κ1) is 18.5. The number of pyridine rings is 1. The Balaban J connectivity index is 1.67. The average molecular weight is 364 g/mol. The number of aromatic nitrogens is 1. The van der Waals surface area contributed by atoms with Gasteiger partial charge in [-0.2, -0.15) is 4.39 Å². The molecule has 0 saturated carbocycles. The summed E-state index contributed by atoms with van der Waals surface area (Å²) in [6.45, 7) is 1.88. The minimum atomic E-state index is -0.525. The van der Waals surface area contributed by atoms with Crippen molar-refractivity contribution >= 4 is 12.0 Å². The Morgan fingerprint density at radius 2 is 1.81 bits per heavy atom. The third-order valence-electron chi connectivity index (χ3n) is 4.10. The molecule has 1 N–H and O–H groups in total. The van der Waals surface area contributed by atoms with Crippen LogP contribution in [0.4, 0.5) is 8.78 Å². The molecule has 1 atom stereocenters. The normalized spacial score (nSPS) is 12.1. The molecule has 0 bridgehead atoms. The number of nitrogens with one attached hydrogen (secondary N) is 1. The van der Waals surface area contributed by atoms with Crippen LogP contribution in [0.25, 0.3) is 17.2 Å². The van der Waals surface area contributed by atoms with E-state index >= 15 is 0 Å². The van der Waals surface area contributed by atoms with Crippen molar-refractivity contribution in [1.82, 2.24) is 10.3 Å². The molecule has 27 heavy (non-hydrogen) atoms. The van der Waals surface area contributed by atoms with E-state index in [2.05, 4.69) is 10.3 Å². The molecule has 2 aromatic carbocycles. The lowest BCUT2D eigenvalue weighted by molar-refractivity contribution is -0.117. The Morgan fingerprint density at radius 3 is 2.52 bits per heavy atom. The van der Waals surface area contributed by atoms with Crippen molar-refractivity contribution in [2.24, 2.45) is 0 Å². The summed E-state index contributed by atoms with van der Waals surface area (Å²) in [5.74, 6) is -1.09. The zero-order chi connectivity index (χ0) is 19.2. The van der Waals surface area contributed by atoms with Gasteiger partial charge in [-0.3, -0.25) is 4.79 Å². The molecule has 1 unspecified atom stereocenters. The van der Waals surface area contributed by atoms with Gasteiger partial charge in [0.1, 0.15) is 5.82 Å². The minimum absolute atomic E-state index is 0.219. The molecule has 0 aliphatic heterocycles. The van der Waals surface area contributed by atoms with Crippen LogP contribution in [0.2, 0.25) is 0 Å². The molecule has 0 saturated heterocycles. The standard InChI is InChI=1S/C22H18F2N2O/c1-15(26-22(27)12-7-16-5-9-20(23)10-6-16)17-3-2-4-18(13-17)19-8-11-21(24)25-14-19/h2-15H,1H3,(H,26,27). The average Bonchev–Trinajstić information content (AvgIpc) is 2.68. The summed E-state index contributed by atoms with van der Waals surface area (Å²) in [6.07, 6.45) is 4.52. The van der Waals surface area contributed by atoms with Gasteiger partial charge in [0.15, 0.2) is 0 Å². The second kappa shape index (κ2) is 8.36. The van der Waals surface area contributed by atoms with Crippen molar-refractivity contribution in [3.05, 3.63) is 95.8 Å². The molecule has 0 fully saturated rings. The van der Waals surface area contributed by atoms with Crippen LogP contribution < -0.4 is 5.32 Å². The van der Waals surface area contributed by atoms with Gasteiger partial charge < -0.3 is 5.32 Å². The number of halogens is 2. The Labute approximate surface area is 156 Å². The van der Waals surface area contributed by atoms with E-state index in [0.717, 1.165) is 22.3 Å². The zero-order valence-corrected chi connectivity index (χ0v) is 14.7. The van der Waals surface area contributed by atoms with E-state index in [1.807, 2.05) is 31.2 Å². The SMILES string of the molecule is CC(NC(=O)C=Cc1ccc(F)cc1)c1cccc(-c2ccc(F)nc2)c1.